The van der Waals surface area contributed by atoms with Crippen LogP contribution in [-0.2, 0) is 0 Å². The zero-order valence-electron chi connectivity index (χ0n) is 42.6. The lowest BCUT2D eigenvalue weighted by Crippen LogP contribution is -1.94. The molecule has 0 aliphatic carbocycles. The summed E-state index contributed by atoms with van der Waals surface area (Å²) in [5, 5.41) is 30.5. The lowest BCUT2D eigenvalue weighted by atomic mass is 9.81. The highest BCUT2D eigenvalue weighted by atomic mass is 14.3. The molecule has 0 saturated heterocycles. The highest BCUT2D eigenvalue weighted by Crippen LogP contribution is 2.51. The van der Waals surface area contributed by atoms with Crippen molar-refractivity contribution in [2.24, 2.45) is 0 Å². The number of rotatable bonds is 4. The summed E-state index contributed by atoms with van der Waals surface area (Å²) in [6, 6.07) is 105. The van der Waals surface area contributed by atoms with Gasteiger partial charge in [-0.3, -0.25) is 0 Å². The summed E-state index contributed by atoms with van der Waals surface area (Å²) in [6.07, 6.45) is 0. The van der Waals surface area contributed by atoms with Crippen molar-refractivity contribution in [1.29, 1.82) is 0 Å². The normalized spacial score (nSPS) is 12.1. The van der Waals surface area contributed by atoms with Crippen LogP contribution in [0, 0.1) is 0 Å². The van der Waals surface area contributed by atoms with Gasteiger partial charge in [0, 0.05) is 0 Å². The first-order chi connectivity index (χ1) is 38.8. The van der Waals surface area contributed by atoms with Gasteiger partial charge in [0.25, 0.3) is 0 Å². The molecule has 0 atom stereocenters. The quantitative estimate of drug-likeness (QED) is 0.122. The Morgan fingerprint density at radius 2 is 0.295 bits per heavy atom. The average molecular weight is 983 g/mol. The van der Waals surface area contributed by atoms with Crippen LogP contribution in [0.25, 0.3) is 174 Å². The molecule has 0 N–H and O–H groups in total. The lowest BCUT2D eigenvalue weighted by Gasteiger charge is -2.22. The predicted octanol–water partition coefficient (Wildman–Crippen LogP) is 22.2. The second kappa shape index (κ2) is 16.7. The summed E-state index contributed by atoms with van der Waals surface area (Å²) in [4.78, 5) is 0. The molecule has 17 aromatic rings. The summed E-state index contributed by atoms with van der Waals surface area (Å²) in [6.45, 7) is 0. The van der Waals surface area contributed by atoms with E-state index < -0.39 is 0 Å². The van der Waals surface area contributed by atoms with E-state index in [1.165, 1.54) is 174 Å². The number of hydrogen-bond donors (Lipinski definition) is 0. The third-order valence-electron chi connectivity index (χ3n) is 17.4. The molecule has 17 rings (SSSR count). The second-order valence-corrected chi connectivity index (χ2v) is 21.2. The SMILES string of the molecule is c1ccc2c(-c3cc4c5ccccc5c5ccccc5c4c4ccccc34)ccc(-c3c4ccccc4c(-c4ccc(-c5cc6c7ccccc7c7ccccc7c6c6ccccc56)c5ccccc45)c4ccccc34)c2c1. The van der Waals surface area contributed by atoms with Gasteiger partial charge in [-0.1, -0.05) is 267 Å². The van der Waals surface area contributed by atoms with E-state index in [0.717, 1.165) is 0 Å². The van der Waals surface area contributed by atoms with E-state index in [1.54, 1.807) is 0 Å². The zero-order chi connectivity index (χ0) is 51.0. The Labute approximate surface area is 450 Å². The molecule has 0 fully saturated rings. The minimum Gasteiger partial charge on any atom is -0.0616 e. The molecule has 0 aliphatic heterocycles. The van der Waals surface area contributed by atoms with Gasteiger partial charge in [-0.15, -0.1) is 0 Å². The fourth-order valence-corrected chi connectivity index (χ4v) is 14.2. The van der Waals surface area contributed by atoms with Gasteiger partial charge in [0.05, 0.1) is 0 Å². The van der Waals surface area contributed by atoms with Gasteiger partial charge in [0.15, 0.2) is 0 Å². The Morgan fingerprint density at radius 3 is 0.590 bits per heavy atom. The first kappa shape index (κ1) is 43.1. The molecule has 358 valence electrons. The van der Waals surface area contributed by atoms with Crippen LogP contribution < -0.4 is 0 Å². The molecule has 0 amide bonds. The molecule has 0 radical (unpaired) electrons. The Bertz CT molecular complexity index is 5050. The Morgan fingerprint density at radius 1 is 0.115 bits per heavy atom. The van der Waals surface area contributed by atoms with Crippen LogP contribution in [0.5, 0.6) is 0 Å². The molecule has 0 heteroatoms. The molecule has 17 aromatic carbocycles. The van der Waals surface area contributed by atoms with Gasteiger partial charge in [-0.25, -0.2) is 0 Å². The van der Waals surface area contributed by atoms with Crippen LogP contribution in [0.1, 0.15) is 0 Å². The van der Waals surface area contributed by atoms with E-state index in [2.05, 4.69) is 279 Å². The molecule has 0 saturated carbocycles. The van der Waals surface area contributed by atoms with Crippen molar-refractivity contribution in [3.05, 3.63) is 279 Å². The average Bonchev–Trinajstić information content (AvgIpc) is 3.60. The maximum atomic E-state index is 2.48. The van der Waals surface area contributed by atoms with Crippen molar-refractivity contribution >= 4 is 129 Å². The molecule has 0 heterocycles. The van der Waals surface area contributed by atoms with Crippen LogP contribution in [0.4, 0.5) is 0 Å². The summed E-state index contributed by atoms with van der Waals surface area (Å²) >= 11 is 0. The highest BCUT2D eigenvalue weighted by Gasteiger charge is 2.23. The third kappa shape index (κ3) is 6.06. The maximum absolute atomic E-state index is 2.48. The zero-order valence-corrected chi connectivity index (χ0v) is 42.6. The molecular weight excluding hydrogens is 937 g/mol. The molecule has 78 heavy (non-hydrogen) atoms. The van der Waals surface area contributed by atoms with Gasteiger partial charge < -0.3 is 0 Å². The Hall–Kier alpha value is -10.1. The van der Waals surface area contributed by atoms with E-state index in [1.807, 2.05) is 0 Å². The first-order valence-corrected chi connectivity index (χ1v) is 27.2. The fraction of sp³-hybridized carbons (Fsp3) is 0. The van der Waals surface area contributed by atoms with Crippen molar-refractivity contribution in [1.82, 2.24) is 0 Å². The van der Waals surface area contributed by atoms with Gasteiger partial charge in [-0.2, -0.15) is 0 Å². The molecule has 0 aliphatic rings. The van der Waals surface area contributed by atoms with Gasteiger partial charge in [0.1, 0.15) is 0 Å². The van der Waals surface area contributed by atoms with Crippen molar-refractivity contribution in [2.45, 2.75) is 0 Å². The van der Waals surface area contributed by atoms with Crippen molar-refractivity contribution in [2.75, 3.05) is 0 Å². The molecule has 0 aromatic heterocycles. The molecule has 0 unspecified atom stereocenters. The van der Waals surface area contributed by atoms with Crippen LogP contribution in [-0.4, -0.2) is 0 Å². The van der Waals surface area contributed by atoms with E-state index >= 15 is 0 Å². The van der Waals surface area contributed by atoms with Crippen LogP contribution in [0.15, 0.2) is 279 Å². The molecule has 0 bridgehead atoms. The number of hydrogen-bond acceptors (Lipinski definition) is 0. The highest BCUT2D eigenvalue weighted by molar-refractivity contribution is 6.36. The minimum absolute atomic E-state index is 1.23. The van der Waals surface area contributed by atoms with Gasteiger partial charge >= 0.3 is 0 Å². The van der Waals surface area contributed by atoms with E-state index in [0.29, 0.717) is 0 Å². The monoisotopic (exact) mass is 982 g/mol. The maximum Gasteiger partial charge on any atom is -0.00199 e. The fourth-order valence-electron chi connectivity index (χ4n) is 14.2. The molecule has 0 spiro atoms. The van der Waals surface area contributed by atoms with Crippen LogP contribution in [0.3, 0.4) is 0 Å². The van der Waals surface area contributed by atoms with Crippen LogP contribution in [0.2, 0.25) is 0 Å². The van der Waals surface area contributed by atoms with Crippen LogP contribution >= 0.6 is 0 Å². The van der Waals surface area contributed by atoms with Crippen molar-refractivity contribution < 1.29 is 0 Å². The topological polar surface area (TPSA) is 0 Å². The Kier molecular flexibility index (Phi) is 9.22. The summed E-state index contributed by atoms with van der Waals surface area (Å²) in [7, 11) is 0. The standard InChI is InChI=1S/C78H46/c1-5-27-53-49(23-1)59(71-45-73-55-29-7-3-21-47(55)51-25-9-13-33-61(51)77(73)63-35-15-11-31-57(63)71)41-43-69(53)75-65-37-17-19-39-67(65)76(68-40-20-18-38-66(68)75)70-44-42-60(50-24-2-6-28-54(50)70)72-46-74-56-30-8-4-22-48(56)52-26-10-14-34-62(52)78(74)64-36-16-12-32-58(64)72/h1-46H. The lowest BCUT2D eigenvalue weighted by molar-refractivity contribution is 1.67. The smallest absolute Gasteiger partial charge is 0.00199 e. The van der Waals surface area contributed by atoms with Crippen molar-refractivity contribution in [3.63, 3.8) is 0 Å². The molecule has 0 nitrogen and oxygen atoms in total. The van der Waals surface area contributed by atoms with E-state index in [9.17, 15) is 0 Å². The predicted molar refractivity (Wildman–Crippen MR) is 338 cm³/mol. The summed E-state index contributed by atoms with van der Waals surface area (Å²) < 4.78 is 0. The number of benzene rings is 17. The number of fused-ring (bicyclic) bond motifs is 20. The molecular formula is C78H46. The van der Waals surface area contributed by atoms with E-state index in [-0.39, 0.29) is 0 Å². The Balaban J connectivity index is 0.897. The van der Waals surface area contributed by atoms with E-state index in [4.69, 9.17) is 0 Å². The summed E-state index contributed by atoms with van der Waals surface area (Å²) in [5.41, 5.74) is 9.97. The second-order valence-electron chi connectivity index (χ2n) is 21.2. The third-order valence-corrected chi connectivity index (χ3v) is 17.4. The van der Waals surface area contributed by atoms with Crippen molar-refractivity contribution in [3.8, 4) is 44.5 Å². The minimum atomic E-state index is 1.23. The summed E-state index contributed by atoms with van der Waals surface area (Å²) in [5.74, 6) is 0. The van der Waals surface area contributed by atoms with Gasteiger partial charge in [-0.05, 0) is 186 Å². The first-order valence-electron chi connectivity index (χ1n) is 27.2. The largest absolute Gasteiger partial charge is 0.0616 e. The van der Waals surface area contributed by atoms with Gasteiger partial charge in [0.2, 0.25) is 0 Å².